The molecule has 0 aromatic heterocycles. The van der Waals surface area contributed by atoms with E-state index in [0.717, 1.165) is 5.56 Å². The molecule has 2 N–H and O–H groups in total. The highest BCUT2D eigenvalue weighted by molar-refractivity contribution is 5.84. The number of halogens is 1. The number of alkyl halides is 1. The predicted octanol–water partition coefficient (Wildman–Crippen LogP) is 2.07. The second kappa shape index (κ2) is 4.45. The average Bonchev–Trinajstić information content (AvgIpc) is 2.26. The molecule has 0 fully saturated rings. The fraction of sp³-hybridized carbons (Fsp3) is 0.462. The first-order chi connectivity index (χ1) is 7.75. The van der Waals surface area contributed by atoms with E-state index in [0.29, 0.717) is 5.56 Å². The Morgan fingerprint density at radius 2 is 1.88 bits per heavy atom. The van der Waals surface area contributed by atoms with Crippen molar-refractivity contribution in [3.8, 4) is 0 Å². The third kappa shape index (κ3) is 2.17. The molecule has 1 aromatic carbocycles. The lowest BCUT2D eigenvalue weighted by Crippen LogP contribution is -2.58. The van der Waals surface area contributed by atoms with Gasteiger partial charge in [-0.2, -0.15) is 0 Å². The van der Waals surface area contributed by atoms with E-state index in [1.807, 2.05) is 6.07 Å². The summed E-state index contributed by atoms with van der Waals surface area (Å²) >= 11 is 0. The number of carbonyl (C=O) groups is 1. The number of carbonyl (C=O) groups excluding carboxylic acids is 1. The molecule has 0 aliphatic rings. The zero-order valence-electron chi connectivity index (χ0n) is 10.6. The minimum atomic E-state index is -1.92. The van der Waals surface area contributed by atoms with Gasteiger partial charge in [0.1, 0.15) is 5.67 Å². The largest absolute Gasteiger partial charge is 0.467 e. The number of hydrogen-bond acceptors (Lipinski definition) is 3. The monoisotopic (exact) mass is 239 g/mol. The van der Waals surface area contributed by atoms with Crippen molar-refractivity contribution in [1.29, 1.82) is 0 Å². The zero-order chi connectivity index (χ0) is 13.3. The Hall–Kier alpha value is -1.42. The zero-order valence-corrected chi connectivity index (χ0v) is 10.6. The molecule has 94 valence electrons. The molecular formula is C13H18FNO2. The summed E-state index contributed by atoms with van der Waals surface area (Å²) in [5.74, 6) is -0.778. The Morgan fingerprint density at radius 1 is 1.35 bits per heavy atom. The van der Waals surface area contributed by atoms with Crippen molar-refractivity contribution >= 4 is 5.97 Å². The molecule has 0 saturated carbocycles. The number of ether oxygens (including phenoxy) is 1. The molecule has 17 heavy (non-hydrogen) atoms. The average molecular weight is 239 g/mol. The molecule has 0 aliphatic carbocycles. The number of aryl methyl sites for hydroxylation is 1. The first-order valence-electron chi connectivity index (χ1n) is 5.37. The summed E-state index contributed by atoms with van der Waals surface area (Å²) in [6.07, 6.45) is 0. The maximum atomic E-state index is 14.3. The summed E-state index contributed by atoms with van der Waals surface area (Å²) < 4.78 is 19.0. The third-order valence-electron chi connectivity index (χ3n) is 3.01. The van der Waals surface area contributed by atoms with Gasteiger partial charge in [-0.1, -0.05) is 24.3 Å². The smallest absolute Gasteiger partial charge is 0.333 e. The van der Waals surface area contributed by atoms with Crippen molar-refractivity contribution < 1.29 is 13.9 Å². The highest BCUT2D eigenvalue weighted by atomic mass is 19.1. The van der Waals surface area contributed by atoms with Gasteiger partial charge >= 0.3 is 5.97 Å². The number of nitrogens with two attached hydrogens (primary N) is 1. The van der Waals surface area contributed by atoms with Gasteiger partial charge in [-0.15, -0.1) is 0 Å². The lowest BCUT2D eigenvalue weighted by atomic mass is 9.77. The minimum absolute atomic E-state index is 0.444. The summed E-state index contributed by atoms with van der Waals surface area (Å²) in [4.78, 5) is 11.8. The van der Waals surface area contributed by atoms with Crippen molar-refractivity contribution in [2.24, 2.45) is 5.73 Å². The van der Waals surface area contributed by atoms with Gasteiger partial charge in [-0.05, 0) is 31.9 Å². The summed E-state index contributed by atoms with van der Waals surface area (Å²) in [6, 6.07) is 6.96. The Kier molecular flexibility index (Phi) is 3.57. The van der Waals surface area contributed by atoms with Crippen molar-refractivity contribution in [2.45, 2.75) is 32.0 Å². The Labute approximate surface area is 101 Å². The van der Waals surface area contributed by atoms with Crippen molar-refractivity contribution in [3.63, 3.8) is 0 Å². The number of methoxy groups -OCH3 is 1. The van der Waals surface area contributed by atoms with E-state index in [1.54, 1.807) is 25.1 Å². The van der Waals surface area contributed by atoms with E-state index in [4.69, 9.17) is 5.73 Å². The topological polar surface area (TPSA) is 52.3 Å². The molecule has 1 aromatic rings. The molecule has 0 amide bonds. The molecule has 1 unspecified atom stereocenters. The standard InChI is InChI=1S/C13H18FNO2/c1-9-7-5-6-8-10(9)13(15,11(16)17-4)12(2,3)14/h5-8H,15H2,1-4H3. The molecule has 1 rings (SSSR count). The fourth-order valence-electron chi connectivity index (χ4n) is 1.85. The first-order valence-corrected chi connectivity index (χ1v) is 5.37. The Bertz CT molecular complexity index is 426. The summed E-state index contributed by atoms with van der Waals surface area (Å²) in [7, 11) is 1.20. The van der Waals surface area contributed by atoms with E-state index in [1.165, 1.54) is 21.0 Å². The van der Waals surface area contributed by atoms with Crippen molar-refractivity contribution in [2.75, 3.05) is 7.11 Å². The summed E-state index contributed by atoms with van der Waals surface area (Å²) in [5.41, 5.74) is 3.48. The van der Waals surface area contributed by atoms with E-state index in [9.17, 15) is 9.18 Å². The molecule has 1 atom stereocenters. The Morgan fingerprint density at radius 3 is 2.29 bits per heavy atom. The van der Waals surface area contributed by atoms with Crippen LogP contribution in [0.25, 0.3) is 0 Å². The predicted molar refractivity (Wildman–Crippen MR) is 64.2 cm³/mol. The maximum absolute atomic E-state index is 14.3. The number of esters is 1. The highest BCUT2D eigenvalue weighted by Gasteiger charge is 2.52. The highest BCUT2D eigenvalue weighted by Crippen LogP contribution is 2.36. The van der Waals surface area contributed by atoms with Crippen LogP contribution in [0.4, 0.5) is 4.39 Å². The fourth-order valence-corrected chi connectivity index (χ4v) is 1.85. The number of hydrogen-bond donors (Lipinski definition) is 1. The van der Waals surface area contributed by atoms with Gasteiger partial charge in [-0.25, -0.2) is 9.18 Å². The minimum Gasteiger partial charge on any atom is -0.467 e. The van der Waals surface area contributed by atoms with E-state index < -0.39 is 17.2 Å². The molecule has 0 heterocycles. The molecule has 0 spiro atoms. The van der Waals surface area contributed by atoms with Gasteiger partial charge < -0.3 is 10.5 Å². The molecule has 0 radical (unpaired) electrons. The van der Waals surface area contributed by atoms with Crippen LogP contribution in [0, 0.1) is 6.92 Å². The van der Waals surface area contributed by atoms with Gasteiger partial charge in [0.05, 0.1) is 7.11 Å². The van der Waals surface area contributed by atoms with Crippen LogP contribution in [-0.4, -0.2) is 18.7 Å². The molecule has 0 aliphatic heterocycles. The van der Waals surface area contributed by atoms with Crippen LogP contribution >= 0.6 is 0 Å². The Balaban J connectivity index is 3.46. The van der Waals surface area contributed by atoms with Crippen LogP contribution in [0.2, 0.25) is 0 Å². The van der Waals surface area contributed by atoms with Crippen molar-refractivity contribution in [1.82, 2.24) is 0 Å². The second-order valence-electron chi connectivity index (χ2n) is 4.59. The van der Waals surface area contributed by atoms with Crippen LogP contribution in [0.1, 0.15) is 25.0 Å². The van der Waals surface area contributed by atoms with Crippen LogP contribution in [0.3, 0.4) is 0 Å². The number of rotatable bonds is 3. The quantitative estimate of drug-likeness (QED) is 0.821. The molecular weight excluding hydrogens is 221 g/mol. The van der Waals surface area contributed by atoms with E-state index >= 15 is 0 Å². The van der Waals surface area contributed by atoms with E-state index in [-0.39, 0.29) is 0 Å². The van der Waals surface area contributed by atoms with Gasteiger partial charge in [0.15, 0.2) is 5.54 Å². The third-order valence-corrected chi connectivity index (χ3v) is 3.01. The first kappa shape index (κ1) is 13.6. The SMILES string of the molecule is COC(=O)C(N)(c1ccccc1C)C(C)(C)F. The summed E-state index contributed by atoms with van der Waals surface area (Å²) in [5, 5.41) is 0. The van der Waals surface area contributed by atoms with Crippen LogP contribution < -0.4 is 5.73 Å². The lowest BCUT2D eigenvalue weighted by molar-refractivity contribution is -0.153. The maximum Gasteiger partial charge on any atom is 0.333 e. The second-order valence-corrected chi connectivity index (χ2v) is 4.59. The summed E-state index contributed by atoms with van der Waals surface area (Å²) in [6.45, 7) is 4.33. The van der Waals surface area contributed by atoms with Gasteiger partial charge in [-0.3, -0.25) is 0 Å². The van der Waals surface area contributed by atoms with Gasteiger partial charge in [0, 0.05) is 0 Å². The van der Waals surface area contributed by atoms with Crippen LogP contribution in [0.15, 0.2) is 24.3 Å². The van der Waals surface area contributed by atoms with Gasteiger partial charge in [0.2, 0.25) is 0 Å². The van der Waals surface area contributed by atoms with E-state index in [2.05, 4.69) is 4.74 Å². The van der Waals surface area contributed by atoms with Crippen molar-refractivity contribution in [3.05, 3.63) is 35.4 Å². The van der Waals surface area contributed by atoms with Gasteiger partial charge in [0.25, 0.3) is 0 Å². The van der Waals surface area contributed by atoms with Crippen LogP contribution in [-0.2, 0) is 15.1 Å². The number of benzene rings is 1. The molecule has 3 nitrogen and oxygen atoms in total. The molecule has 4 heteroatoms. The normalized spacial score (nSPS) is 15.2. The van der Waals surface area contributed by atoms with Crippen LogP contribution in [0.5, 0.6) is 0 Å². The molecule has 0 bridgehead atoms. The lowest BCUT2D eigenvalue weighted by Gasteiger charge is -2.36. The molecule has 0 saturated heterocycles.